The Labute approximate surface area is 126 Å². The van der Waals surface area contributed by atoms with Crippen molar-refractivity contribution in [3.05, 3.63) is 23.8 Å². The number of piperidine rings is 1. The molecule has 0 bridgehead atoms. The van der Waals surface area contributed by atoms with E-state index in [2.05, 4.69) is 17.0 Å². The van der Waals surface area contributed by atoms with Gasteiger partial charge in [-0.15, -0.1) is 0 Å². The minimum Gasteiger partial charge on any atom is -0.385 e. The van der Waals surface area contributed by atoms with Gasteiger partial charge < -0.3 is 5.32 Å². The number of nitrogens with zero attached hydrogens (tertiary/aromatic N) is 1. The standard InChI is InChI=1S/C15H23N3O2S/c1-12-4-3-9-18(11-12)21(19,20)17-14-6-7-15-13(10-14)5-2-8-16-15/h6-7,10,12,16-17H,2-5,8-9,11H2,1H3. The Morgan fingerprint density at radius 1 is 1.33 bits per heavy atom. The number of rotatable bonds is 3. The number of benzene rings is 1. The molecule has 1 fully saturated rings. The van der Waals surface area contributed by atoms with Gasteiger partial charge in [0.1, 0.15) is 0 Å². The molecule has 1 atom stereocenters. The highest BCUT2D eigenvalue weighted by molar-refractivity contribution is 7.90. The van der Waals surface area contributed by atoms with E-state index in [0.717, 1.165) is 37.9 Å². The minimum atomic E-state index is -3.43. The van der Waals surface area contributed by atoms with Crippen molar-refractivity contribution in [2.75, 3.05) is 29.7 Å². The van der Waals surface area contributed by atoms with Crippen LogP contribution in [-0.4, -0.2) is 32.4 Å². The molecule has 21 heavy (non-hydrogen) atoms. The second kappa shape index (κ2) is 5.85. The Morgan fingerprint density at radius 2 is 2.19 bits per heavy atom. The molecule has 2 heterocycles. The first-order chi connectivity index (χ1) is 10.0. The van der Waals surface area contributed by atoms with Crippen molar-refractivity contribution >= 4 is 21.6 Å². The van der Waals surface area contributed by atoms with E-state index in [4.69, 9.17) is 0 Å². The fourth-order valence-corrected chi connectivity index (χ4v) is 4.49. The molecular weight excluding hydrogens is 286 g/mol. The molecule has 1 aromatic rings. The molecule has 1 aromatic carbocycles. The van der Waals surface area contributed by atoms with Gasteiger partial charge in [0.05, 0.1) is 5.69 Å². The number of hydrogen-bond acceptors (Lipinski definition) is 3. The van der Waals surface area contributed by atoms with Crippen LogP contribution in [0.4, 0.5) is 11.4 Å². The molecule has 6 heteroatoms. The van der Waals surface area contributed by atoms with Gasteiger partial charge in [-0.25, -0.2) is 0 Å². The summed E-state index contributed by atoms with van der Waals surface area (Å²) in [6, 6.07) is 5.75. The van der Waals surface area contributed by atoms with Crippen LogP contribution in [0.15, 0.2) is 18.2 Å². The van der Waals surface area contributed by atoms with Crippen molar-refractivity contribution in [2.45, 2.75) is 32.6 Å². The highest BCUT2D eigenvalue weighted by Gasteiger charge is 2.27. The lowest BCUT2D eigenvalue weighted by molar-refractivity contribution is 0.282. The van der Waals surface area contributed by atoms with Crippen LogP contribution in [0.1, 0.15) is 31.7 Å². The molecule has 0 radical (unpaired) electrons. The molecule has 0 saturated carbocycles. The Balaban J connectivity index is 1.76. The minimum absolute atomic E-state index is 0.433. The van der Waals surface area contributed by atoms with Gasteiger partial charge in [0.2, 0.25) is 0 Å². The number of fused-ring (bicyclic) bond motifs is 1. The van der Waals surface area contributed by atoms with Crippen LogP contribution in [0.5, 0.6) is 0 Å². The third-order valence-electron chi connectivity index (χ3n) is 4.25. The average Bonchev–Trinajstić information content (AvgIpc) is 2.47. The summed E-state index contributed by atoms with van der Waals surface area (Å²) in [6.45, 7) is 4.32. The molecule has 3 rings (SSSR count). The van der Waals surface area contributed by atoms with Crippen LogP contribution in [0.25, 0.3) is 0 Å². The third kappa shape index (κ3) is 3.32. The third-order valence-corrected chi connectivity index (χ3v) is 5.76. The van der Waals surface area contributed by atoms with Crippen molar-refractivity contribution in [2.24, 2.45) is 5.92 Å². The zero-order chi connectivity index (χ0) is 14.9. The second-order valence-corrected chi connectivity index (χ2v) is 7.79. The van der Waals surface area contributed by atoms with Crippen LogP contribution >= 0.6 is 0 Å². The summed E-state index contributed by atoms with van der Waals surface area (Å²) in [5, 5.41) is 3.33. The molecule has 5 nitrogen and oxygen atoms in total. The van der Waals surface area contributed by atoms with Crippen molar-refractivity contribution in [3.8, 4) is 0 Å². The quantitative estimate of drug-likeness (QED) is 0.901. The first-order valence-electron chi connectivity index (χ1n) is 7.69. The lowest BCUT2D eigenvalue weighted by Crippen LogP contribution is -2.42. The van der Waals surface area contributed by atoms with E-state index in [0.29, 0.717) is 24.7 Å². The largest absolute Gasteiger partial charge is 0.385 e. The van der Waals surface area contributed by atoms with Gasteiger partial charge in [-0.1, -0.05) is 6.92 Å². The van der Waals surface area contributed by atoms with Gasteiger partial charge in [0, 0.05) is 25.3 Å². The normalized spacial score (nSPS) is 23.2. The van der Waals surface area contributed by atoms with E-state index >= 15 is 0 Å². The lowest BCUT2D eigenvalue weighted by Gasteiger charge is -2.30. The summed E-state index contributed by atoms with van der Waals surface area (Å²) in [7, 11) is -3.43. The van der Waals surface area contributed by atoms with Crippen molar-refractivity contribution in [1.29, 1.82) is 0 Å². The van der Waals surface area contributed by atoms with Crippen LogP contribution in [0, 0.1) is 5.92 Å². The molecule has 0 amide bonds. The smallest absolute Gasteiger partial charge is 0.301 e. The van der Waals surface area contributed by atoms with Gasteiger partial charge in [0.25, 0.3) is 0 Å². The first-order valence-corrected chi connectivity index (χ1v) is 9.13. The van der Waals surface area contributed by atoms with E-state index in [9.17, 15) is 8.42 Å². The molecule has 0 aromatic heterocycles. The van der Waals surface area contributed by atoms with Crippen molar-refractivity contribution in [1.82, 2.24) is 4.31 Å². The number of hydrogen-bond donors (Lipinski definition) is 2. The zero-order valence-corrected chi connectivity index (χ0v) is 13.2. The van der Waals surface area contributed by atoms with E-state index in [1.807, 2.05) is 18.2 Å². The summed E-state index contributed by atoms with van der Waals surface area (Å²) in [5.74, 6) is 0.433. The average molecular weight is 309 g/mol. The molecule has 116 valence electrons. The Hall–Kier alpha value is -1.27. The summed E-state index contributed by atoms with van der Waals surface area (Å²) >= 11 is 0. The van der Waals surface area contributed by atoms with E-state index < -0.39 is 10.2 Å². The maximum Gasteiger partial charge on any atom is 0.301 e. The predicted octanol–water partition coefficient (Wildman–Crippen LogP) is 2.43. The van der Waals surface area contributed by atoms with Crippen molar-refractivity contribution in [3.63, 3.8) is 0 Å². The second-order valence-electron chi connectivity index (χ2n) is 6.11. The predicted molar refractivity (Wildman–Crippen MR) is 85.8 cm³/mol. The molecule has 0 spiro atoms. The van der Waals surface area contributed by atoms with Gasteiger partial charge in [0.15, 0.2) is 0 Å². The molecule has 2 N–H and O–H groups in total. The fraction of sp³-hybridized carbons (Fsp3) is 0.600. The maximum absolute atomic E-state index is 12.5. The molecule has 1 saturated heterocycles. The molecule has 1 unspecified atom stereocenters. The number of nitrogens with one attached hydrogen (secondary N) is 2. The first kappa shape index (κ1) is 14.7. The lowest BCUT2D eigenvalue weighted by atomic mass is 10.0. The molecule has 0 aliphatic carbocycles. The Kier molecular flexibility index (Phi) is 4.08. The molecule has 2 aliphatic rings. The highest BCUT2D eigenvalue weighted by atomic mass is 32.2. The maximum atomic E-state index is 12.5. The molecule has 2 aliphatic heterocycles. The summed E-state index contributed by atoms with van der Waals surface area (Å²) in [4.78, 5) is 0. The van der Waals surface area contributed by atoms with E-state index in [1.54, 1.807) is 4.31 Å². The summed E-state index contributed by atoms with van der Waals surface area (Å²) in [6.07, 6.45) is 4.14. The summed E-state index contributed by atoms with van der Waals surface area (Å²) < 4.78 is 29.2. The zero-order valence-electron chi connectivity index (χ0n) is 12.4. The molecular formula is C15H23N3O2S. The Bertz CT molecular complexity index is 615. The van der Waals surface area contributed by atoms with E-state index in [-0.39, 0.29) is 0 Å². The summed E-state index contributed by atoms with van der Waals surface area (Å²) in [5.41, 5.74) is 2.97. The van der Waals surface area contributed by atoms with Crippen LogP contribution < -0.4 is 10.0 Å². The van der Waals surface area contributed by atoms with Gasteiger partial charge in [-0.05, 0) is 55.4 Å². The van der Waals surface area contributed by atoms with Gasteiger partial charge in [-0.2, -0.15) is 12.7 Å². The Morgan fingerprint density at radius 3 is 3.00 bits per heavy atom. The number of aryl methyl sites for hydroxylation is 1. The number of anilines is 2. The van der Waals surface area contributed by atoms with Crippen LogP contribution in [0.3, 0.4) is 0 Å². The monoisotopic (exact) mass is 309 g/mol. The topological polar surface area (TPSA) is 61.4 Å². The van der Waals surface area contributed by atoms with E-state index in [1.165, 1.54) is 5.56 Å². The van der Waals surface area contributed by atoms with Crippen molar-refractivity contribution < 1.29 is 8.42 Å². The van der Waals surface area contributed by atoms with Gasteiger partial charge >= 0.3 is 10.2 Å². The fourth-order valence-electron chi connectivity index (χ4n) is 3.12. The van der Waals surface area contributed by atoms with Crippen LogP contribution in [-0.2, 0) is 16.6 Å². The van der Waals surface area contributed by atoms with Crippen LogP contribution in [0.2, 0.25) is 0 Å². The SMILES string of the molecule is CC1CCCN(S(=O)(=O)Nc2ccc3c(c2)CCCN3)C1. The van der Waals surface area contributed by atoms with Gasteiger partial charge in [-0.3, -0.25) is 4.72 Å². The highest BCUT2D eigenvalue weighted by Crippen LogP contribution is 2.26.